The minimum atomic E-state index is 0.418. The molecule has 0 heterocycles. The van der Waals surface area contributed by atoms with E-state index in [1.54, 1.807) is 0 Å². The van der Waals surface area contributed by atoms with Crippen LogP contribution in [-0.4, -0.2) is 12.1 Å². The molecule has 0 radical (unpaired) electrons. The van der Waals surface area contributed by atoms with Crippen LogP contribution in [0, 0.1) is 0 Å². The average Bonchev–Trinajstić information content (AvgIpc) is 2.41. The molecular formula is C18H24N2. The molecule has 0 spiro atoms. The van der Waals surface area contributed by atoms with Gasteiger partial charge >= 0.3 is 0 Å². The van der Waals surface area contributed by atoms with Crippen LogP contribution in [0.3, 0.4) is 0 Å². The predicted octanol–water partition coefficient (Wildman–Crippen LogP) is 5.05. The van der Waals surface area contributed by atoms with Crippen molar-refractivity contribution in [1.29, 1.82) is 0 Å². The summed E-state index contributed by atoms with van der Waals surface area (Å²) in [6.07, 6.45) is 0. The van der Waals surface area contributed by atoms with Crippen LogP contribution in [0.15, 0.2) is 54.6 Å². The monoisotopic (exact) mass is 268 g/mol. The third kappa shape index (κ3) is 3.53. The molecule has 2 aromatic rings. The summed E-state index contributed by atoms with van der Waals surface area (Å²) in [4.78, 5) is 2.35. The smallest absolute Gasteiger partial charge is 0.0414 e. The van der Waals surface area contributed by atoms with Crippen molar-refractivity contribution in [2.45, 2.75) is 39.8 Å². The molecule has 1 N–H and O–H groups in total. The SMILES string of the molecule is CC(C)Nc1ccc(N(c2ccccc2)C(C)C)cc1. The van der Waals surface area contributed by atoms with Gasteiger partial charge in [0.15, 0.2) is 0 Å². The first kappa shape index (κ1) is 14.4. The molecule has 2 heteroatoms. The second-order valence-electron chi connectivity index (χ2n) is 5.65. The fourth-order valence-electron chi connectivity index (χ4n) is 2.39. The molecule has 2 nitrogen and oxygen atoms in total. The Morgan fingerprint density at radius 1 is 0.750 bits per heavy atom. The summed E-state index contributed by atoms with van der Waals surface area (Å²) in [5.74, 6) is 0. The lowest BCUT2D eigenvalue weighted by atomic mass is 10.1. The van der Waals surface area contributed by atoms with Crippen molar-refractivity contribution in [3.05, 3.63) is 54.6 Å². The zero-order valence-electron chi connectivity index (χ0n) is 12.8. The summed E-state index contributed by atoms with van der Waals surface area (Å²) in [7, 11) is 0. The fraction of sp³-hybridized carbons (Fsp3) is 0.333. The first-order chi connectivity index (χ1) is 9.58. The number of nitrogens with one attached hydrogen (secondary N) is 1. The van der Waals surface area contributed by atoms with E-state index < -0.39 is 0 Å². The number of hydrogen-bond acceptors (Lipinski definition) is 2. The Hall–Kier alpha value is -1.96. The normalized spacial score (nSPS) is 10.9. The van der Waals surface area contributed by atoms with Gasteiger partial charge in [0.2, 0.25) is 0 Å². The van der Waals surface area contributed by atoms with E-state index in [0.717, 1.165) is 0 Å². The van der Waals surface area contributed by atoms with Crippen molar-refractivity contribution in [2.24, 2.45) is 0 Å². The molecule has 0 saturated carbocycles. The van der Waals surface area contributed by atoms with E-state index in [0.29, 0.717) is 12.1 Å². The second-order valence-corrected chi connectivity index (χ2v) is 5.65. The summed E-state index contributed by atoms with van der Waals surface area (Å²) in [6, 6.07) is 20.0. The van der Waals surface area contributed by atoms with Gasteiger partial charge in [-0.25, -0.2) is 0 Å². The van der Waals surface area contributed by atoms with Crippen LogP contribution in [0.5, 0.6) is 0 Å². The van der Waals surface area contributed by atoms with Crippen LogP contribution in [0.1, 0.15) is 27.7 Å². The van der Waals surface area contributed by atoms with Crippen LogP contribution in [-0.2, 0) is 0 Å². The quantitative estimate of drug-likeness (QED) is 0.816. The molecule has 2 aromatic carbocycles. The molecule has 0 aliphatic rings. The number of para-hydroxylation sites is 1. The van der Waals surface area contributed by atoms with E-state index in [2.05, 4.69) is 92.5 Å². The van der Waals surface area contributed by atoms with Crippen molar-refractivity contribution >= 4 is 17.1 Å². The van der Waals surface area contributed by atoms with Crippen molar-refractivity contribution < 1.29 is 0 Å². The lowest BCUT2D eigenvalue weighted by Gasteiger charge is -2.29. The number of nitrogens with zero attached hydrogens (tertiary/aromatic N) is 1. The van der Waals surface area contributed by atoms with E-state index in [-0.39, 0.29) is 0 Å². The van der Waals surface area contributed by atoms with Gasteiger partial charge in [-0.3, -0.25) is 0 Å². The van der Waals surface area contributed by atoms with Gasteiger partial charge in [0.25, 0.3) is 0 Å². The summed E-state index contributed by atoms with van der Waals surface area (Å²) in [6.45, 7) is 8.73. The third-order valence-electron chi connectivity index (χ3n) is 3.15. The zero-order chi connectivity index (χ0) is 14.5. The minimum absolute atomic E-state index is 0.418. The topological polar surface area (TPSA) is 15.3 Å². The Bertz CT molecular complexity index is 515. The van der Waals surface area contributed by atoms with Gasteiger partial charge in [0.05, 0.1) is 0 Å². The molecule has 0 aliphatic carbocycles. The molecule has 0 fully saturated rings. The lowest BCUT2D eigenvalue weighted by molar-refractivity contribution is 0.789. The third-order valence-corrected chi connectivity index (χ3v) is 3.15. The number of hydrogen-bond donors (Lipinski definition) is 1. The first-order valence-electron chi connectivity index (χ1n) is 7.29. The molecule has 0 amide bonds. The highest BCUT2D eigenvalue weighted by atomic mass is 15.2. The average molecular weight is 268 g/mol. The summed E-state index contributed by atoms with van der Waals surface area (Å²) < 4.78 is 0. The first-order valence-corrected chi connectivity index (χ1v) is 7.29. The Labute approximate surface area is 122 Å². The van der Waals surface area contributed by atoms with Crippen molar-refractivity contribution in [1.82, 2.24) is 0 Å². The van der Waals surface area contributed by atoms with Crippen molar-refractivity contribution in [2.75, 3.05) is 10.2 Å². The van der Waals surface area contributed by atoms with E-state index in [1.807, 2.05) is 0 Å². The van der Waals surface area contributed by atoms with Gasteiger partial charge in [0, 0.05) is 29.1 Å². The molecule has 0 unspecified atom stereocenters. The van der Waals surface area contributed by atoms with Gasteiger partial charge in [-0.15, -0.1) is 0 Å². The Morgan fingerprint density at radius 3 is 1.80 bits per heavy atom. The van der Waals surface area contributed by atoms with E-state index >= 15 is 0 Å². The largest absolute Gasteiger partial charge is 0.383 e. The fourth-order valence-corrected chi connectivity index (χ4v) is 2.39. The van der Waals surface area contributed by atoms with Crippen LogP contribution in [0.2, 0.25) is 0 Å². The van der Waals surface area contributed by atoms with Gasteiger partial charge < -0.3 is 10.2 Å². The molecule has 0 atom stereocenters. The van der Waals surface area contributed by atoms with Crippen molar-refractivity contribution in [3.8, 4) is 0 Å². The Balaban J connectivity index is 2.27. The van der Waals surface area contributed by atoms with Gasteiger partial charge in [-0.05, 0) is 64.1 Å². The van der Waals surface area contributed by atoms with Crippen LogP contribution < -0.4 is 10.2 Å². The predicted molar refractivity (Wildman–Crippen MR) is 88.9 cm³/mol. The number of anilines is 3. The molecule has 0 aliphatic heterocycles. The minimum Gasteiger partial charge on any atom is -0.383 e. The maximum atomic E-state index is 3.42. The number of benzene rings is 2. The highest BCUT2D eigenvalue weighted by Gasteiger charge is 2.12. The molecule has 0 saturated heterocycles. The van der Waals surface area contributed by atoms with Crippen LogP contribution in [0.4, 0.5) is 17.1 Å². The Morgan fingerprint density at radius 2 is 1.30 bits per heavy atom. The van der Waals surface area contributed by atoms with Gasteiger partial charge in [-0.1, -0.05) is 18.2 Å². The molecule has 106 valence electrons. The maximum absolute atomic E-state index is 3.42. The summed E-state index contributed by atoms with van der Waals surface area (Å²) in [5, 5.41) is 3.42. The maximum Gasteiger partial charge on any atom is 0.0414 e. The van der Waals surface area contributed by atoms with Gasteiger partial charge in [0.1, 0.15) is 0 Å². The molecule has 0 bridgehead atoms. The zero-order valence-corrected chi connectivity index (χ0v) is 12.8. The molecule has 2 rings (SSSR count). The standard InChI is InChI=1S/C18H24N2/c1-14(2)19-16-10-12-18(13-11-16)20(15(3)4)17-8-6-5-7-9-17/h5-15,19H,1-4H3. The summed E-state index contributed by atoms with van der Waals surface area (Å²) in [5.41, 5.74) is 3.62. The second kappa shape index (κ2) is 6.47. The molecular weight excluding hydrogens is 244 g/mol. The lowest BCUT2D eigenvalue weighted by Crippen LogP contribution is -2.25. The highest BCUT2D eigenvalue weighted by molar-refractivity contribution is 5.66. The number of rotatable bonds is 5. The molecule has 0 aromatic heterocycles. The van der Waals surface area contributed by atoms with Gasteiger partial charge in [-0.2, -0.15) is 0 Å². The van der Waals surface area contributed by atoms with E-state index in [1.165, 1.54) is 17.1 Å². The van der Waals surface area contributed by atoms with E-state index in [4.69, 9.17) is 0 Å². The highest BCUT2D eigenvalue weighted by Crippen LogP contribution is 2.28. The Kier molecular flexibility index (Phi) is 4.67. The summed E-state index contributed by atoms with van der Waals surface area (Å²) >= 11 is 0. The van der Waals surface area contributed by atoms with E-state index in [9.17, 15) is 0 Å². The molecule has 20 heavy (non-hydrogen) atoms. The van der Waals surface area contributed by atoms with Crippen LogP contribution in [0.25, 0.3) is 0 Å². The van der Waals surface area contributed by atoms with Crippen LogP contribution >= 0.6 is 0 Å². The van der Waals surface area contributed by atoms with Crippen molar-refractivity contribution in [3.63, 3.8) is 0 Å².